The number of aryl methyl sites for hydroxylation is 1. The summed E-state index contributed by atoms with van der Waals surface area (Å²) in [5, 5.41) is 10.7. The molecule has 1 heterocycles. The zero-order valence-electron chi connectivity index (χ0n) is 19.2. The van der Waals surface area contributed by atoms with Crippen molar-refractivity contribution in [3.63, 3.8) is 0 Å². The SMILES string of the molecule is CC(C)(C)c1cc(N)cc(NC=O)c1.COc1ccc(OC)c(-n2nnc(C)c2C)c1. The second kappa shape index (κ2) is 9.97. The van der Waals surface area contributed by atoms with Crippen molar-refractivity contribution in [3.05, 3.63) is 53.3 Å². The summed E-state index contributed by atoms with van der Waals surface area (Å²) in [5.41, 5.74) is 11.0. The van der Waals surface area contributed by atoms with Crippen molar-refractivity contribution >= 4 is 17.8 Å². The highest BCUT2D eigenvalue weighted by Crippen LogP contribution is 2.28. The molecule has 3 N–H and O–H groups in total. The van der Waals surface area contributed by atoms with Gasteiger partial charge in [0.05, 0.1) is 25.6 Å². The molecule has 0 aliphatic carbocycles. The lowest BCUT2D eigenvalue weighted by Crippen LogP contribution is -2.12. The van der Waals surface area contributed by atoms with E-state index < -0.39 is 0 Å². The summed E-state index contributed by atoms with van der Waals surface area (Å²) >= 11 is 0. The lowest BCUT2D eigenvalue weighted by molar-refractivity contribution is -0.105. The smallest absolute Gasteiger partial charge is 0.211 e. The van der Waals surface area contributed by atoms with Gasteiger partial charge in [0.15, 0.2) is 0 Å². The number of carbonyl (C=O) groups excluding carboxylic acids is 1. The van der Waals surface area contributed by atoms with Gasteiger partial charge in [0.2, 0.25) is 6.41 Å². The number of rotatable bonds is 5. The molecule has 31 heavy (non-hydrogen) atoms. The van der Waals surface area contributed by atoms with Gasteiger partial charge < -0.3 is 20.5 Å². The van der Waals surface area contributed by atoms with Crippen molar-refractivity contribution in [2.24, 2.45) is 0 Å². The van der Waals surface area contributed by atoms with Gasteiger partial charge in [0, 0.05) is 17.4 Å². The number of nitrogens with one attached hydrogen (secondary N) is 1. The minimum atomic E-state index is 0.0364. The molecule has 3 aromatic rings. The Balaban J connectivity index is 0.000000225. The van der Waals surface area contributed by atoms with Crippen LogP contribution in [0.2, 0.25) is 0 Å². The number of methoxy groups -OCH3 is 2. The van der Waals surface area contributed by atoms with E-state index >= 15 is 0 Å². The summed E-state index contributed by atoms with van der Waals surface area (Å²) < 4.78 is 12.3. The van der Waals surface area contributed by atoms with Crippen molar-refractivity contribution in [3.8, 4) is 17.2 Å². The number of carbonyl (C=O) groups is 1. The fourth-order valence-electron chi connectivity index (χ4n) is 2.83. The molecule has 0 bridgehead atoms. The Morgan fingerprint density at radius 1 is 1.06 bits per heavy atom. The van der Waals surface area contributed by atoms with Gasteiger partial charge in [0.25, 0.3) is 0 Å². The maximum absolute atomic E-state index is 10.3. The Labute approximate surface area is 183 Å². The molecule has 0 unspecified atom stereocenters. The highest BCUT2D eigenvalue weighted by molar-refractivity contribution is 5.73. The molecule has 2 aromatic carbocycles. The maximum atomic E-state index is 10.3. The lowest BCUT2D eigenvalue weighted by Gasteiger charge is -2.20. The Morgan fingerprint density at radius 2 is 1.77 bits per heavy atom. The zero-order valence-corrected chi connectivity index (χ0v) is 19.2. The van der Waals surface area contributed by atoms with Crippen molar-refractivity contribution < 1.29 is 14.3 Å². The first-order valence-electron chi connectivity index (χ1n) is 9.83. The first-order valence-corrected chi connectivity index (χ1v) is 9.83. The van der Waals surface area contributed by atoms with E-state index in [2.05, 4.69) is 36.4 Å². The van der Waals surface area contributed by atoms with Crippen LogP contribution in [-0.4, -0.2) is 35.6 Å². The van der Waals surface area contributed by atoms with E-state index in [4.69, 9.17) is 15.2 Å². The van der Waals surface area contributed by atoms with Crippen LogP contribution in [0.25, 0.3) is 5.69 Å². The van der Waals surface area contributed by atoms with Crippen LogP contribution < -0.4 is 20.5 Å². The lowest BCUT2D eigenvalue weighted by atomic mass is 9.86. The third-order valence-electron chi connectivity index (χ3n) is 4.79. The molecule has 8 nitrogen and oxygen atoms in total. The van der Waals surface area contributed by atoms with Gasteiger partial charge >= 0.3 is 0 Å². The van der Waals surface area contributed by atoms with E-state index in [1.54, 1.807) is 25.0 Å². The summed E-state index contributed by atoms with van der Waals surface area (Å²) in [5.74, 6) is 1.49. The van der Waals surface area contributed by atoms with Crippen molar-refractivity contribution in [1.29, 1.82) is 0 Å². The second-order valence-electron chi connectivity index (χ2n) is 8.07. The van der Waals surface area contributed by atoms with Crippen LogP contribution >= 0.6 is 0 Å². The summed E-state index contributed by atoms with van der Waals surface area (Å²) in [6, 6.07) is 11.2. The summed E-state index contributed by atoms with van der Waals surface area (Å²) in [6.45, 7) is 10.2. The number of nitrogens with zero attached hydrogens (tertiary/aromatic N) is 3. The second-order valence-corrected chi connectivity index (χ2v) is 8.07. The molecule has 8 heteroatoms. The van der Waals surface area contributed by atoms with E-state index in [9.17, 15) is 4.79 Å². The maximum Gasteiger partial charge on any atom is 0.211 e. The van der Waals surface area contributed by atoms with Crippen molar-refractivity contribution in [1.82, 2.24) is 15.0 Å². The molecule has 0 aliphatic rings. The summed E-state index contributed by atoms with van der Waals surface area (Å²) in [6.07, 6.45) is 0.654. The number of aromatic nitrogens is 3. The number of hydrogen-bond donors (Lipinski definition) is 2. The third kappa shape index (κ3) is 5.97. The zero-order chi connectivity index (χ0) is 23.2. The summed E-state index contributed by atoms with van der Waals surface area (Å²) in [4.78, 5) is 10.3. The molecular formula is C23H31N5O3. The molecule has 0 aliphatic heterocycles. The van der Waals surface area contributed by atoms with Gasteiger partial charge in [-0.1, -0.05) is 26.0 Å². The minimum absolute atomic E-state index is 0.0364. The molecule has 166 valence electrons. The fourth-order valence-corrected chi connectivity index (χ4v) is 2.83. The molecule has 0 radical (unpaired) electrons. The standard InChI is InChI=1S/C12H15N3O2.C11H16N2O/c1-8-9(2)15(14-13-8)11-7-10(16-3)5-6-12(11)17-4;1-11(2,3)8-4-9(12)6-10(5-8)13-7-14/h5-7H,1-4H3;4-7H,12H2,1-3H3,(H,13,14). The highest BCUT2D eigenvalue weighted by atomic mass is 16.5. The molecule has 0 atom stereocenters. The number of amides is 1. The van der Waals surface area contributed by atoms with Crippen LogP contribution in [0.5, 0.6) is 11.5 Å². The Bertz CT molecular complexity index is 1040. The summed E-state index contributed by atoms with van der Waals surface area (Å²) in [7, 11) is 3.26. The number of benzene rings is 2. The molecule has 3 rings (SSSR count). The van der Waals surface area contributed by atoms with E-state index in [1.807, 2.05) is 44.2 Å². The third-order valence-corrected chi connectivity index (χ3v) is 4.79. The molecule has 0 spiro atoms. The molecule has 0 saturated heterocycles. The molecule has 1 aromatic heterocycles. The average molecular weight is 426 g/mol. The van der Waals surface area contributed by atoms with Gasteiger partial charge in [0.1, 0.15) is 17.2 Å². The van der Waals surface area contributed by atoms with E-state index in [1.165, 1.54) is 0 Å². The number of anilines is 2. The van der Waals surface area contributed by atoms with Crippen LogP contribution in [0, 0.1) is 13.8 Å². The van der Waals surface area contributed by atoms with Crippen LogP contribution in [0.1, 0.15) is 37.7 Å². The molecule has 0 saturated carbocycles. The Hall–Kier alpha value is -3.55. The van der Waals surface area contributed by atoms with Crippen molar-refractivity contribution in [2.75, 3.05) is 25.3 Å². The van der Waals surface area contributed by atoms with Crippen LogP contribution in [0.4, 0.5) is 11.4 Å². The molecular weight excluding hydrogens is 394 g/mol. The van der Waals surface area contributed by atoms with Gasteiger partial charge in [-0.15, -0.1) is 5.10 Å². The average Bonchev–Trinajstić information content (AvgIpc) is 3.05. The number of hydrogen-bond acceptors (Lipinski definition) is 6. The van der Waals surface area contributed by atoms with Crippen molar-refractivity contribution in [2.45, 2.75) is 40.0 Å². The fraction of sp³-hybridized carbons (Fsp3) is 0.348. The molecule has 0 fully saturated rings. The largest absolute Gasteiger partial charge is 0.497 e. The van der Waals surface area contributed by atoms with Gasteiger partial charge in [-0.3, -0.25) is 4.79 Å². The van der Waals surface area contributed by atoms with E-state index in [0.29, 0.717) is 12.1 Å². The Morgan fingerprint density at radius 3 is 2.29 bits per heavy atom. The number of nitrogens with two attached hydrogens (primary N) is 1. The predicted molar refractivity (Wildman–Crippen MR) is 123 cm³/mol. The quantitative estimate of drug-likeness (QED) is 0.472. The monoisotopic (exact) mass is 425 g/mol. The Kier molecular flexibility index (Phi) is 7.63. The predicted octanol–water partition coefficient (Wildman–Crippen LogP) is 4.04. The first kappa shape index (κ1) is 23.7. The van der Waals surface area contributed by atoms with Gasteiger partial charge in [-0.05, 0) is 55.2 Å². The molecule has 1 amide bonds. The number of nitrogen functional groups attached to an aromatic ring is 1. The minimum Gasteiger partial charge on any atom is -0.497 e. The highest BCUT2D eigenvalue weighted by Gasteiger charge is 2.15. The van der Waals surface area contributed by atoms with Crippen LogP contribution in [0.3, 0.4) is 0 Å². The van der Waals surface area contributed by atoms with E-state index in [-0.39, 0.29) is 5.41 Å². The topological polar surface area (TPSA) is 104 Å². The van der Waals surface area contributed by atoms with Crippen LogP contribution in [-0.2, 0) is 10.2 Å². The normalized spacial score (nSPS) is 10.7. The first-order chi connectivity index (χ1) is 14.6. The van der Waals surface area contributed by atoms with E-state index in [0.717, 1.165) is 39.8 Å². The van der Waals surface area contributed by atoms with Crippen LogP contribution in [0.15, 0.2) is 36.4 Å². The number of ether oxygens (including phenoxy) is 2. The van der Waals surface area contributed by atoms with Gasteiger partial charge in [-0.2, -0.15) is 0 Å². The van der Waals surface area contributed by atoms with Gasteiger partial charge in [-0.25, -0.2) is 4.68 Å².